The Morgan fingerprint density at radius 3 is 2.62 bits per heavy atom. The molecule has 1 aliphatic heterocycles. The minimum atomic E-state index is 0.124. The van der Waals surface area contributed by atoms with Crippen molar-refractivity contribution in [1.82, 2.24) is 4.90 Å². The number of hydrogen-bond acceptors (Lipinski definition) is 3. The first-order valence-corrected chi connectivity index (χ1v) is 6.79. The van der Waals surface area contributed by atoms with Crippen LogP contribution in [0, 0.1) is 5.92 Å². The van der Waals surface area contributed by atoms with Crippen LogP contribution >= 0.6 is 0 Å². The number of hydrogen-bond donors (Lipinski definition) is 1. The molecule has 1 saturated carbocycles. The van der Waals surface area contributed by atoms with Gasteiger partial charge in [0.25, 0.3) is 0 Å². The van der Waals surface area contributed by atoms with E-state index in [-0.39, 0.29) is 5.54 Å². The van der Waals surface area contributed by atoms with E-state index in [1.807, 2.05) is 0 Å². The van der Waals surface area contributed by atoms with Crippen LogP contribution in [0.2, 0.25) is 0 Å². The van der Waals surface area contributed by atoms with Crippen molar-refractivity contribution < 1.29 is 4.74 Å². The van der Waals surface area contributed by atoms with Crippen LogP contribution in [0.4, 0.5) is 0 Å². The molecule has 2 aliphatic rings. The Labute approximate surface area is 99.3 Å². The molecule has 3 nitrogen and oxygen atoms in total. The summed E-state index contributed by atoms with van der Waals surface area (Å²) in [4.78, 5) is 2.63. The van der Waals surface area contributed by atoms with Crippen molar-refractivity contribution in [3.05, 3.63) is 0 Å². The predicted octanol–water partition coefficient (Wildman–Crippen LogP) is 1.61. The number of nitrogens with two attached hydrogens (primary N) is 1. The Bertz CT molecular complexity index is 230. The molecule has 0 bridgehead atoms. The molecule has 2 N–H and O–H groups in total. The van der Waals surface area contributed by atoms with Gasteiger partial charge in [0.2, 0.25) is 0 Å². The number of ether oxygens (including phenoxy) is 1. The summed E-state index contributed by atoms with van der Waals surface area (Å²) in [6, 6.07) is 0. The van der Waals surface area contributed by atoms with Crippen LogP contribution in [0.15, 0.2) is 0 Å². The fraction of sp³-hybridized carbons (Fsp3) is 1.00. The van der Waals surface area contributed by atoms with Gasteiger partial charge < -0.3 is 10.5 Å². The Hall–Kier alpha value is -0.120. The molecule has 2 rings (SSSR count). The van der Waals surface area contributed by atoms with Crippen LogP contribution in [0.1, 0.15) is 39.5 Å². The topological polar surface area (TPSA) is 38.5 Å². The zero-order valence-electron chi connectivity index (χ0n) is 10.7. The smallest absolute Gasteiger partial charge is 0.0743 e. The summed E-state index contributed by atoms with van der Waals surface area (Å²) in [5.41, 5.74) is 6.19. The second kappa shape index (κ2) is 5.03. The van der Waals surface area contributed by atoms with Crippen LogP contribution in [0.5, 0.6) is 0 Å². The van der Waals surface area contributed by atoms with Gasteiger partial charge >= 0.3 is 0 Å². The summed E-state index contributed by atoms with van der Waals surface area (Å²) in [6.07, 6.45) is 5.44. The van der Waals surface area contributed by atoms with Gasteiger partial charge in [-0.05, 0) is 45.1 Å². The van der Waals surface area contributed by atoms with Gasteiger partial charge in [-0.25, -0.2) is 0 Å². The van der Waals surface area contributed by atoms with Crippen molar-refractivity contribution in [2.75, 3.05) is 26.2 Å². The van der Waals surface area contributed by atoms with Crippen molar-refractivity contribution in [1.29, 1.82) is 0 Å². The first-order chi connectivity index (χ1) is 7.73. The van der Waals surface area contributed by atoms with E-state index in [4.69, 9.17) is 10.5 Å². The third kappa shape index (κ3) is 2.27. The highest BCUT2D eigenvalue weighted by Gasteiger charge is 2.46. The fourth-order valence-electron chi connectivity index (χ4n) is 2.96. The van der Waals surface area contributed by atoms with E-state index in [1.54, 1.807) is 0 Å². The second-order valence-corrected chi connectivity index (χ2v) is 5.46. The molecule has 0 aromatic carbocycles. The SMILES string of the molecule is CCCN(CC1CC1)C1(CN)CCOC1C. The van der Waals surface area contributed by atoms with Crippen LogP contribution in [-0.4, -0.2) is 42.8 Å². The van der Waals surface area contributed by atoms with Gasteiger partial charge in [0.05, 0.1) is 11.6 Å². The van der Waals surface area contributed by atoms with E-state index in [2.05, 4.69) is 18.7 Å². The summed E-state index contributed by atoms with van der Waals surface area (Å²) in [7, 11) is 0. The average Bonchev–Trinajstić information content (AvgIpc) is 3.01. The van der Waals surface area contributed by atoms with E-state index >= 15 is 0 Å². The summed E-state index contributed by atoms with van der Waals surface area (Å²) in [5, 5.41) is 0. The summed E-state index contributed by atoms with van der Waals surface area (Å²) < 4.78 is 5.77. The molecule has 1 saturated heterocycles. The number of rotatable bonds is 6. The molecular weight excluding hydrogens is 200 g/mol. The molecule has 0 aromatic rings. The zero-order valence-corrected chi connectivity index (χ0v) is 10.7. The van der Waals surface area contributed by atoms with Gasteiger partial charge in [-0.1, -0.05) is 6.92 Å². The van der Waals surface area contributed by atoms with E-state index in [0.717, 1.165) is 25.5 Å². The van der Waals surface area contributed by atoms with Gasteiger partial charge in [0.15, 0.2) is 0 Å². The first kappa shape index (κ1) is 12.3. The Morgan fingerprint density at radius 1 is 1.44 bits per heavy atom. The van der Waals surface area contributed by atoms with E-state index in [9.17, 15) is 0 Å². The van der Waals surface area contributed by atoms with Crippen LogP contribution in [-0.2, 0) is 4.74 Å². The molecule has 94 valence electrons. The van der Waals surface area contributed by atoms with Crippen molar-refractivity contribution in [2.45, 2.75) is 51.2 Å². The monoisotopic (exact) mass is 226 g/mol. The molecule has 0 amide bonds. The van der Waals surface area contributed by atoms with Crippen LogP contribution in [0.25, 0.3) is 0 Å². The Balaban J connectivity index is 2.07. The maximum atomic E-state index is 6.06. The van der Waals surface area contributed by atoms with Gasteiger partial charge in [-0.3, -0.25) is 4.90 Å². The van der Waals surface area contributed by atoms with Crippen molar-refractivity contribution in [3.63, 3.8) is 0 Å². The minimum Gasteiger partial charge on any atom is -0.376 e. The predicted molar refractivity (Wildman–Crippen MR) is 66.4 cm³/mol. The van der Waals surface area contributed by atoms with E-state index < -0.39 is 0 Å². The van der Waals surface area contributed by atoms with Crippen molar-refractivity contribution in [3.8, 4) is 0 Å². The van der Waals surface area contributed by atoms with E-state index in [1.165, 1.54) is 32.4 Å². The molecule has 2 fully saturated rings. The molecule has 0 spiro atoms. The summed E-state index contributed by atoms with van der Waals surface area (Å²) >= 11 is 0. The molecular formula is C13H26N2O. The maximum absolute atomic E-state index is 6.06. The van der Waals surface area contributed by atoms with Gasteiger partial charge in [0, 0.05) is 19.7 Å². The van der Waals surface area contributed by atoms with Crippen molar-refractivity contribution >= 4 is 0 Å². The lowest BCUT2D eigenvalue weighted by atomic mass is 9.89. The lowest BCUT2D eigenvalue weighted by Gasteiger charge is -2.42. The summed E-state index contributed by atoms with van der Waals surface area (Å²) in [6.45, 7) is 8.46. The van der Waals surface area contributed by atoms with Gasteiger partial charge in [-0.2, -0.15) is 0 Å². The molecule has 1 aliphatic carbocycles. The zero-order chi connectivity index (χ0) is 11.6. The third-order valence-electron chi connectivity index (χ3n) is 4.31. The lowest BCUT2D eigenvalue weighted by molar-refractivity contribution is 0.0116. The van der Waals surface area contributed by atoms with Gasteiger partial charge in [0.1, 0.15) is 0 Å². The Kier molecular flexibility index (Phi) is 3.88. The normalized spacial score (nSPS) is 34.9. The quantitative estimate of drug-likeness (QED) is 0.748. The molecule has 0 aromatic heterocycles. The molecule has 2 unspecified atom stereocenters. The average molecular weight is 226 g/mol. The fourth-order valence-corrected chi connectivity index (χ4v) is 2.96. The highest BCUT2D eigenvalue weighted by Crippen LogP contribution is 2.36. The van der Waals surface area contributed by atoms with Gasteiger partial charge in [-0.15, -0.1) is 0 Å². The highest BCUT2D eigenvalue weighted by atomic mass is 16.5. The largest absolute Gasteiger partial charge is 0.376 e. The molecule has 16 heavy (non-hydrogen) atoms. The first-order valence-electron chi connectivity index (χ1n) is 6.79. The standard InChI is InChI=1S/C13H26N2O/c1-3-7-15(9-12-4-5-12)13(10-14)6-8-16-11(13)2/h11-12H,3-10,14H2,1-2H3. The molecule has 2 atom stereocenters. The highest BCUT2D eigenvalue weighted by molar-refractivity contribution is 5.01. The lowest BCUT2D eigenvalue weighted by Crippen LogP contribution is -2.58. The van der Waals surface area contributed by atoms with E-state index in [0.29, 0.717) is 6.10 Å². The molecule has 3 heteroatoms. The third-order valence-corrected chi connectivity index (χ3v) is 4.31. The van der Waals surface area contributed by atoms with Crippen molar-refractivity contribution in [2.24, 2.45) is 11.7 Å². The van der Waals surface area contributed by atoms with Crippen LogP contribution < -0.4 is 5.73 Å². The minimum absolute atomic E-state index is 0.124. The Morgan fingerprint density at radius 2 is 2.19 bits per heavy atom. The second-order valence-electron chi connectivity index (χ2n) is 5.46. The maximum Gasteiger partial charge on any atom is 0.0743 e. The molecule has 1 heterocycles. The molecule has 0 radical (unpaired) electrons. The van der Waals surface area contributed by atoms with Crippen LogP contribution in [0.3, 0.4) is 0 Å². The summed E-state index contributed by atoms with van der Waals surface area (Å²) in [5.74, 6) is 0.933. The number of nitrogens with zero attached hydrogens (tertiary/aromatic N) is 1.